The Morgan fingerprint density at radius 1 is 1.28 bits per heavy atom. The molecular weight excluding hydrogens is 224 g/mol. The normalized spacial score (nSPS) is 32.3. The fourth-order valence-corrected chi connectivity index (χ4v) is 3.54. The summed E-state index contributed by atoms with van der Waals surface area (Å²) in [4.78, 5) is 2.74. The molecule has 0 saturated carbocycles. The van der Waals surface area contributed by atoms with Crippen molar-refractivity contribution in [1.29, 1.82) is 0 Å². The quantitative estimate of drug-likeness (QED) is 0.814. The van der Waals surface area contributed by atoms with Crippen molar-refractivity contribution < 1.29 is 4.74 Å². The largest absolute Gasteiger partial charge is 0.381 e. The standard InChI is InChI=1S/C15H30N2O/c1-3-14-7-5-4-6-9-17(14)11-15(16-2)13-8-10-18-12-13/h13-16H,3-12H2,1-2H3. The third-order valence-corrected chi connectivity index (χ3v) is 4.81. The summed E-state index contributed by atoms with van der Waals surface area (Å²) in [5, 5.41) is 3.53. The van der Waals surface area contributed by atoms with Gasteiger partial charge in [0.05, 0.1) is 6.61 Å². The molecule has 106 valence electrons. The lowest BCUT2D eigenvalue weighted by atomic mass is 9.97. The lowest BCUT2D eigenvalue weighted by molar-refractivity contribution is 0.140. The van der Waals surface area contributed by atoms with Crippen LogP contribution in [0.4, 0.5) is 0 Å². The van der Waals surface area contributed by atoms with E-state index in [1.807, 2.05) is 0 Å². The van der Waals surface area contributed by atoms with Gasteiger partial charge in [-0.25, -0.2) is 0 Å². The molecule has 2 rings (SSSR count). The van der Waals surface area contributed by atoms with E-state index in [2.05, 4.69) is 24.2 Å². The van der Waals surface area contributed by atoms with Crippen LogP contribution in [0.5, 0.6) is 0 Å². The molecule has 3 nitrogen and oxygen atoms in total. The Bertz CT molecular complexity index is 229. The fourth-order valence-electron chi connectivity index (χ4n) is 3.54. The Balaban J connectivity index is 1.90. The summed E-state index contributed by atoms with van der Waals surface area (Å²) >= 11 is 0. The van der Waals surface area contributed by atoms with Gasteiger partial charge in [-0.3, -0.25) is 4.90 Å². The summed E-state index contributed by atoms with van der Waals surface area (Å²) in [5.74, 6) is 0.718. The zero-order valence-corrected chi connectivity index (χ0v) is 12.2. The molecule has 1 N–H and O–H groups in total. The minimum absolute atomic E-state index is 0.611. The minimum atomic E-state index is 0.611. The van der Waals surface area contributed by atoms with E-state index in [4.69, 9.17) is 4.74 Å². The van der Waals surface area contributed by atoms with Gasteiger partial charge in [0, 0.05) is 31.2 Å². The number of nitrogens with one attached hydrogen (secondary N) is 1. The maximum Gasteiger partial charge on any atom is 0.0510 e. The van der Waals surface area contributed by atoms with Gasteiger partial charge in [0.2, 0.25) is 0 Å². The molecule has 0 aromatic heterocycles. The number of nitrogens with zero attached hydrogens (tertiary/aromatic N) is 1. The third-order valence-electron chi connectivity index (χ3n) is 4.81. The second-order valence-electron chi connectivity index (χ2n) is 5.93. The van der Waals surface area contributed by atoms with Crippen LogP contribution in [0.15, 0.2) is 0 Å². The maximum absolute atomic E-state index is 5.55. The minimum Gasteiger partial charge on any atom is -0.381 e. The van der Waals surface area contributed by atoms with Crippen molar-refractivity contribution in [3.05, 3.63) is 0 Å². The Kier molecular flexibility index (Phi) is 5.93. The Labute approximate surface area is 112 Å². The number of likely N-dealkylation sites (tertiary alicyclic amines) is 1. The first-order chi connectivity index (χ1) is 8.85. The lowest BCUT2D eigenvalue weighted by Gasteiger charge is -2.34. The number of likely N-dealkylation sites (N-methyl/N-ethyl adjacent to an activating group) is 1. The van der Waals surface area contributed by atoms with Gasteiger partial charge in [0.1, 0.15) is 0 Å². The van der Waals surface area contributed by atoms with E-state index in [1.54, 1.807) is 0 Å². The van der Waals surface area contributed by atoms with Crippen LogP contribution in [0.1, 0.15) is 45.4 Å². The summed E-state index contributed by atoms with van der Waals surface area (Å²) in [5.41, 5.74) is 0. The highest BCUT2D eigenvalue weighted by Gasteiger charge is 2.28. The van der Waals surface area contributed by atoms with E-state index in [1.165, 1.54) is 51.6 Å². The van der Waals surface area contributed by atoms with E-state index in [0.717, 1.165) is 25.2 Å². The Morgan fingerprint density at radius 2 is 2.17 bits per heavy atom. The summed E-state index contributed by atoms with van der Waals surface area (Å²) in [6.45, 7) is 6.76. The molecule has 0 bridgehead atoms. The summed E-state index contributed by atoms with van der Waals surface area (Å²) < 4.78 is 5.55. The molecule has 2 fully saturated rings. The first-order valence-corrected chi connectivity index (χ1v) is 7.84. The second kappa shape index (κ2) is 7.46. The second-order valence-corrected chi connectivity index (χ2v) is 5.93. The molecule has 0 aromatic carbocycles. The van der Waals surface area contributed by atoms with E-state index in [-0.39, 0.29) is 0 Å². The molecule has 2 aliphatic rings. The van der Waals surface area contributed by atoms with Crippen LogP contribution in [0, 0.1) is 5.92 Å². The summed E-state index contributed by atoms with van der Waals surface area (Å²) in [6.07, 6.45) is 8.16. The van der Waals surface area contributed by atoms with Crippen LogP contribution >= 0.6 is 0 Å². The molecule has 0 aromatic rings. The molecule has 3 unspecified atom stereocenters. The van der Waals surface area contributed by atoms with Gasteiger partial charge in [-0.15, -0.1) is 0 Å². The number of ether oxygens (including phenoxy) is 1. The highest BCUT2D eigenvalue weighted by Crippen LogP contribution is 2.22. The van der Waals surface area contributed by atoms with Crippen LogP contribution in [0.2, 0.25) is 0 Å². The van der Waals surface area contributed by atoms with Gasteiger partial charge in [0.25, 0.3) is 0 Å². The average Bonchev–Trinajstić information content (AvgIpc) is 2.83. The maximum atomic E-state index is 5.55. The van der Waals surface area contributed by atoms with Gasteiger partial charge in [0.15, 0.2) is 0 Å². The van der Waals surface area contributed by atoms with Gasteiger partial charge < -0.3 is 10.1 Å². The van der Waals surface area contributed by atoms with Gasteiger partial charge in [-0.05, 0) is 39.3 Å². The highest BCUT2D eigenvalue weighted by molar-refractivity contribution is 4.84. The van der Waals surface area contributed by atoms with Crippen LogP contribution in [-0.4, -0.2) is 50.3 Å². The summed E-state index contributed by atoms with van der Waals surface area (Å²) in [7, 11) is 2.11. The van der Waals surface area contributed by atoms with Gasteiger partial charge in [-0.1, -0.05) is 19.8 Å². The van der Waals surface area contributed by atoms with Crippen LogP contribution in [-0.2, 0) is 4.74 Å². The molecule has 0 amide bonds. The van der Waals surface area contributed by atoms with E-state index < -0.39 is 0 Å². The number of hydrogen-bond donors (Lipinski definition) is 1. The predicted molar refractivity (Wildman–Crippen MR) is 75.9 cm³/mol. The van der Waals surface area contributed by atoms with E-state index in [9.17, 15) is 0 Å². The van der Waals surface area contributed by atoms with Crippen molar-refractivity contribution >= 4 is 0 Å². The smallest absolute Gasteiger partial charge is 0.0510 e. The van der Waals surface area contributed by atoms with Crippen molar-refractivity contribution in [2.75, 3.05) is 33.4 Å². The van der Waals surface area contributed by atoms with Crippen LogP contribution < -0.4 is 5.32 Å². The first kappa shape index (κ1) is 14.3. The number of rotatable bonds is 5. The van der Waals surface area contributed by atoms with Crippen molar-refractivity contribution in [3.63, 3.8) is 0 Å². The number of hydrogen-bond acceptors (Lipinski definition) is 3. The van der Waals surface area contributed by atoms with Gasteiger partial charge >= 0.3 is 0 Å². The monoisotopic (exact) mass is 254 g/mol. The molecule has 2 aliphatic heterocycles. The predicted octanol–water partition coefficient (Wildman–Crippen LogP) is 2.27. The van der Waals surface area contributed by atoms with Crippen molar-refractivity contribution in [2.45, 2.75) is 57.5 Å². The third kappa shape index (κ3) is 3.69. The topological polar surface area (TPSA) is 24.5 Å². The Morgan fingerprint density at radius 3 is 2.83 bits per heavy atom. The summed E-state index contributed by atoms with van der Waals surface area (Å²) in [6, 6.07) is 1.42. The van der Waals surface area contributed by atoms with E-state index >= 15 is 0 Å². The molecule has 0 radical (unpaired) electrons. The molecule has 3 heteroatoms. The molecule has 3 atom stereocenters. The fraction of sp³-hybridized carbons (Fsp3) is 1.00. The van der Waals surface area contributed by atoms with Crippen LogP contribution in [0.25, 0.3) is 0 Å². The highest BCUT2D eigenvalue weighted by atomic mass is 16.5. The molecule has 2 heterocycles. The van der Waals surface area contributed by atoms with Crippen molar-refractivity contribution in [3.8, 4) is 0 Å². The zero-order valence-electron chi connectivity index (χ0n) is 12.2. The lowest BCUT2D eigenvalue weighted by Crippen LogP contribution is -2.47. The molecule has 0 spiro atoms. The molecule has 18 heavy (non-hydrogen) atoms. The SMILES string of the molecule is CCC1CCCCCN1CC(NC)C1CCOC1. The molecule has 0 aliphatic carbocycles. The molecule has 2 saturated heterocycles. The van der Waals surface area contributed by atoms with E-state index in [0.29, 0.717) is 6.04 Å². The Hall–Kier alpha value is -0.120. The van der Waals surface area contributed by atoms with Crippen LogP contribution in [0.3, 0.4) is 0 Å². The zero-order chi connectivity index (χ0) is 12.8. The average molecular weight is 254 g/mol. The van der Waals surface area contributed by atoms with Gasteiger partial charge in [-0.2, -0.15) is 0 Å². The van der Waals surface area contributed by atoms with Crippen molar-refractivity contribution in [1.82, 2.24) is 10.2 Å². The van der Waals surface area contributed by atoms with Crippen molar-refractivity contribution in [2.24, 2.45) is 5.92 Å². The molecular formula is C15H30N2O. The first-order valence-electron chi connectivity index (χ1n) is 7.84.